The molecule has 3 N–H and O–H groups in total. The quantitative estimate of drug-likeness (QED) is 0.823. The molecule has 18 heavy (non-hydrogen) atoms. The summed E-state index contributed by atoms with van der Waals surface area (Å²) in [4.78, 5) is 12.2. The molecule has 0 spiro atoms. The van der Waals surface area contributed by atoms with Gasteiger partial charge >= 0.3 is 0 Å². The van der Waals surface area contributed by atoms with Crippen LogP contribution in [0.2, 0.25) is 0 Å². The Hall–Kier alpha value is -1.03. The molecular formula is C14H19BrN2O. The minimum atomic E-state index is -0.0625. The van der Waals surface area contributed by atoms with Gasteiger partial charge in [-0.1, -0.05) is 35.7 Å². The van der Waals surface area contributed by atoms with E-state index in [1.54, 1.807) is 12.1 Å². The number of carbonyl (C=O) groups excluding carboxylic acids is 1. The third kappa shape index (κ3) is 3.05. The van der Waals surface area contributed by atoms with E-state index >= 15 is 0 Å². The third-order valence-corrected chi connectivity index (χ3v) is 4.18. The van der Waals surface area contributed by atoms with Crippen LogP contribution in [0.25, 0.3) is 0 Å². The first-order chi connectivity index (χ1) is 8.58. The minimum absolute atomic E-state index is 0.0625. The molecule has 0 saturated heterocycles. The minimum Gasteiger partial charge on any atom is -0.398 e. The molecule has 0 aliphatic heterocycles. The molecule has 1 fully saturated rings. The molecule has 0 heterocycles. The summed E-state index contributed by atoms with van der Waals surface area (Å²) in [5.41, 5.74) is 6.93. The summed E-state index contributed by atoms with van der Waals surface area (Å²) in [7, 11) is 0. The highest BCUT2D eigenvalue weighted by Gasteiger charge is 2.23. The molecule has 2 rings (SSSR count). The standard InChI is InChI=1S/C14H19BrN2O/c1-9-4-2-3-5-13(9)17-14(18)11-8-10(15)6-7-12(11)16/h6-9,13H,2-5,16H2,1H3,(H,17,18). The lowest BCUT2D eigenvalue weighted by molar-refractivity contribution is 0.0911. The Labute approximate surface area is 116 Å². The van der Waals surface area contributed by atoms with Crippen LogP contribution in [0.15, 0.2) is 22.7 Å². The molecule has 0 radical (unpaired) electrons. The zero-order valence-electron chi connectivity index (χ0n) is 10.6. The van der Waals surface area contributed by atoms with Gasteiger partial charge in [0.05, 0.1) is 5.56 Å². The molecule has 1 saturated carbocycles. The summed E-state index contributed by atoms with van der Waals surface area (Å²) in [6.07, 6.45) is 4.73. The fraction of sp³-hybridized carbons (Fsp3) is 0.500. The van der Waals surface area contributed by atoms with Crippen molar-refractivity contribution in [2.45, 2.75) is 38.6 Å². The molecule has 1 aromatic rings. The fourth-order valence-electron chi connectivity index (χ4n) is 2.50. The first-order valence-corrected chi connectivity index (χ1v) is 7.23. The average Bonchev–Trinajstić information content (AvgIpc) is 2.35. The van der Waals surface area contributed by atoms with Crippen molar-refractivity contribution in [3.8, 4) is 0 Å². The number of nitrogens with two attached hydrogens (primary N) is 1. The van der Waals surface area contributed by atoms with Crippen molar-refractivity contribution in [2.75, 3.05) is 5.73 Å². The lowest BCUT2D eigenvalue weighted by atomic mass is 9.86. The summed E-state index contributed by atoms with van der Waals surface area (Å²) < 4.78 is 0.874. The maximum atomic E-state index is 12.2. The van der Waals surface area contributed by atoms with Crippen LogP contribution in [0.1, 0.15) is 43.0 Å². The average molecular weight is 311 g/mol. The Morgan fingerprint density at radius 2 is 2.11 bits per heavy atom. The Balaban J connectivity index is 2.09. The summed E-state index contributed by atoms with van der Waals surface area (Å²) >= 11 is 3.37. The van der Waals surface area contributed by atoms with Crippen LogP contribution < -0.4 is 11.1 Å². The molecule has 1 amide bonds. The summed E-state index contributed by atoms with van der Waals surface area (Å²) in [6, 6.07) is 5.65. The van der Waals surface area contributed by atoms with Gasteiger partial charge in [0, 0.05) is 16.2 Å². The van der Waals surface area contributed by atoms with E-state index in [1.165, 1.54) is 19.3 Å². The van der Waals surface area contributed by atoms with E-state index in [1.807, 2.05) is 6.07 Å². The highest BCUT2D eigenvalue weighted by atomic mass is 79.9. The second-order valence-corrected chi connectivity index (χ2v) is 5.99. The molecule has 98 valence electrons. The second-order valence-electron chi connectivity index (χ2n) is 5.07. The van der Waals surface area contributed by atoms with Gasteiger partial charge in [-0.2, -0.15) is 0 Å². The van der Waals surface area contributed by atoms with E-state index < -0.39 is 0 Å². The summed E-state index contributed by atoms with van der Waals surface area (Å²) in [5, 5.41) is 3.11. The number of rotatable bonds is 2. The SMILES string of the molecule is CC1CCCCC1NC(=O)c1cc(Br)ccc1N. The number of hydrogen-bond acceptors (Lipinski definition) is 2. The maximum Gasteiger partial charge on any atom is 0.253 e. The number of benzene rings is 1. The Bertz CT molecular complexity index is 447. The molecule has 1 aliphatic carbocycles. The van der Waals surface area contributed by atoms with E-state index in [0.717, 1.165) is 10.9 Å². The molecular weight excluding hydrogens is 292 g/mol. The van der Waals surface area contributed by atoms with E-state index in [2.05, 4.69) is 28.2 Å². The van der Waals surface area contributed by atoms with E-state index in [9.17, 15) is 4.79 Å². The predicted molar refractivity (Wildman–Crippen MR) is 77.4 cm³/mol. The van der Waals surface area contributed by atoms with E-state index in [4.69, 9.17) is 5.73 Å². The van der Waals surface area contributed by atoms with Crippen LogP contribution in [-0.4, -0.2) is 11.9 Å². The number of carbonyl (C=O) groups is 1. The lowest BCUT2D eigenvalue weighted by Gasteiger charge is -2.29. The van der Waals surface area contributed by atoms with Gasteiger partial charge in [-0.3, -0.25) is 4.79 Å². The predicted octanol–water partition coefficient (Wildman–Crippen LogP) is 3.34. The first kappa shape index (κ1) is 13.4. The first-order valence-electron chi connectivity index (χ1n) is 6.44. The van der Waals surface area contributed by atoms with Gasteiger partial charge in [0.15, 0.2) is 0 Å². The number of nitrogens with one attached hydrogen (secondary N) is 1. The van der Waals surface area contributed by atoms with Crippen molar-refractivity contribution in [1.29, 1.82) is 0 Å². The van der Waals surface area contributed by atoms with Crippen LogP contribution in [0, 0.1) is 5.92 Å². The zero-order chi connectivity index (χ0) is 13.1. The molecule has 1 aliphatic rings. The van der Waals surface area contributed by atoms with Crippen LogP contribution in [0.3, 0.4) is 0 Å². The van der Waals surface area contributed by atoms with Crippen molar-refractivity contribution < 1.29 is 4.79 Å². The molecule has 3 nitrogen and oxygen atoms in total. The number of halogens is 1. The molecule has 0 bridgehead atoms. The van der Waals surface area contributed by atoms with Crippen LogP contribution in [0.4, 0.5) is 5.69 Å². The van der Waals surface area contributed by atoms with Gasteiger partial charge in [-0.05, 0) is 37.0 Å². The largest absolute Gasteiger partial charge is 0.398 e. The number of nitrogen functional groups attached to an aromatic ring is 1. The van der Waals surface area contributed by atoms with Gasteiger partial charge in [0.2, 0.25) is 0 Å². The van der Waals surface area contributed by atoms with Gasteiger partial charge < -0.3 is 11.1 Å². The summed E-state index contributed by atoms with van der Waals surface area (Å²) in [5.74, 6) is 0.489. The number of hydrogen-bond donors (Lipinski definition) is 2. The fourth-order valence-corrected chi connectivity index (χ4v) is 2.86. The van der Waals surface area contributed by atoms with Crippen molar-refractivity contribution in [1.82, 2.24) is 5.32 Å². The smallest absolute Gasteiger partial charge is 0.253 e. The maximum absolute atomic E-state index is 12.2. The Morgan fingerprint density at radius 3 is 2.83 bits per heavy atom. The van der Waals surface area contributed by atoms with Gasteiger partial charge in [-0.25, -0.2) is 0 Å². The molecule has 2 atom stereocenters. The van der Waals surface area contributed by atoms with Gasteiger partial charge in [-0.15, -0.1) is 0 Å². The third-order valence-electron chi connectivity index (χ3n) is 3.69. The number of anilines is 1. The Kier molecular flexibility index (Phi) is 4.27. The van der Waals surface area contributed by atoms with Crippen LogP contribution in [-0.2, 0) is 0 Å². The van der Waals surface area contributed by atoms with Crippen molar-refractivity contribution >= 4 is 27.5 Å². The highest BCUT2D eigenvalue weighted by molar-refractivity contribution is 9.10. The normalized spacial score (nSPS) is 23.7. The Morgan fingerprint density at radius 1 is 1.39 bits per heavy atom. The molecule has 1 aromatic carbocycles. The van der Waals surface area contributed by atoms with E-state index in [-0.39, 0.29) is 11.9 Å². The molecule has 0 aromatic heterocycles. The molecule has 2 unspecified atom stereocenters. The zero-order valence-corrected chi connectivity index (χ0v) is 12.2. The van der Waals surface area contributed by atoms with Crippen molar-refractivity contribution in [2.24, 2.45) is 5.92 Å². The van der Waals surface area contributed by atoms with E-state index in [0.29, 0.717) is 17.2 Å². The summed E-state index contributed by atoms with van der Waals surface area (Å²) in [6.45, 7) is 2.20. The topological polar surface area (TPSA) is 55.1 Å². The van der Waals surface area contributed by atoms with Gasteiger partial charge in [0.25, 0.3) is 5.91 Å². The monoisotopic (exact) mass is 310 g/mol. The lowest BCUT2D eigenvalue weighted by Crippen LogP contribution is -2.41. The highest BCUT2D eigenvalue weighted by Crippen LogP contribution is 2.25. The van der Waals surface area contributed by atoms with Crippen LogP contribution in [0.5, 0.6) is 0 Å². The van der Waals surface area contributed by atoms with Crippen molar-refractivity contribution in [3.63, 3.8) is 0 Å². The second kappa shape index (κ2) is 5.74. The van der Waals surface area contributed by atoms with Crippen molar-refractivity contribution in [3.05, 3.63) is 28.2 Å². The number of amides is 1. The van der Waals surface area contributed by atoms with Crippen LogP contribution >= 0.6 is 15.9 Å². The van der Waals surface area contributed by atoms with Gasteiger partial charge in [0.1, 0.15) is 0 Å². The molecule has 4 heteroatoms.